The molecule has 3 rings (SSSR count). The van der Waals surface area contributed by atoms with Crippen LogP contribution in [0.25, 0.3) is 10.4 Å². The van der Waals surface area contributed by atoms with Crippen molar-refractivity contribution in [1.82, 2.24) is 15.3 Å². The lowest BCUT2D eigenvalue weighted by Crippen LogP contribution is -2.39. The molecule has 152 valence electrons. The first kappa shape index (κ1) is 20.4. The number of aryl methyl sites for hydroxylation is 1. The molecule has 0 spiro atoms. The van der Waals surface area contributed by atoms with E-state index in [-0.39, 0.29) is 28.3 Å². The van der Waals surface area contributed by atoms with E-state index in [1.807, 2.05) is 5.32 Å². The Kier molecular flexibility index (Phi) is 5.82. The maximum absolute atomic E-state index is 13.5. The minimum Gasteiger partial charge on any atom is -0.361 e. The van der Waals surface area contributed by atoms with Crippen molar-refractivity contribution in [2.45, 2.75) is 44.8 Å². The highest BCUT2D eigenvalue weighted by molar-refractivity contribution is 7.17. The molecule has 2 N–H and O–H groups in total. The zero-order valence-corrected chi connectivity index (χ0v) is 15.6. The molecule has 28 heavy (non-hydrogen) atoms. The Morgan fingerprint density at radius 3 is 2.64 bits per heavy atom. The van der Waals surface area contributed by atoms with E-state index in [2.05, 4.69) is 15.3 Å². The van der Waals surface area contributed by atoms with Crippen LogP contribution in [-0.4, -0.2) is 34.6 Å². The largest absolute Gasteiger partial charge is 0.405 e. The summed E-state index contributed by atoms with van der Waals surface area (Å²) < 4.78 is 64.0. The van der Waals surface area contributed by atoms with E-state index in [1.165, 1.54) is 0 Å². The Bertz CT molecular complexity index is 864. The molecule has 0 aliphatic heterocycles. The number of hydrogen-bond donors (Lipinski definition) is 2. The van der Waals surface area contributed by atoms with Crippen molar-refractivity contribution in [1.29, 1.82) is 0 Å². The number of carbonyl (C=O) groups excluding carboxylic acids is 1. The zero-order valence-electron chi connectivity index (χ0n) is 14.7. The molecule has 1 saturated carbocycles. The van der Waals surface area contributed by atoms with Gasteiger partial charge in [0.1, 0.15) is 12.4 Å². The molecule has 2 aromatic rings. The number of nitrogens with one attached hydrogen (secondary N) is 2. The fourth-order valence-corrected chi connectivity index (χ4v) is 3.67. The van der Waals surface area contributed by atoms with Crippen LogP contribution in [-0.2, 0) is 0 Å². The second kappa shape index (κ2) is 7.98. The third kappa shape index (κ3) is 4.75. The topological polar surface area (TPSA) is 66.9 Å². The highest BCUT2D eigenvalue weighted by atomic mass is 32.1. The number of amides is 1. The summed E-state index contributed by atoms with van der Waals surface area (Å²) in [7, 11) is 0. The Labute approximate surface area is 161 Å². The highest BCUT2D eigenvalue weighted by Gasteiger charge is 2.28. The SMILES string of the molecule is Cc1nc(C(=O)NC2CCC2)sc1-c1cnc(NCC(F)(F)F)cc1C(F)F. The zero-order chi connectivity index (χ0) is 20.5. The molecule has 0 aromatic carbocycles. The van der Waals surface area contributed by atoms with Crippen LogP contribution in [0.4, 0.5) is 27.8 Å². The van der Waals surface area contributed by atoms with Gasteiger partial charge in [0.25, 0.3) is 12.3 Å². The molecular formula is C17H17F5N4OS. The summed E-state index contributed by atoms with van der Waals surface area (Å²) in [5.74, 6) is -0.666. The predicted octanol–water partition coefficient (Wildman–Crippen LogP) is 4.71. The number of thiazole rings is 1. The average Bonchev–Trinajstić information content (AvgIpc) is 2.97. The average molecular weight is 420 g/mol. The summed E-state index contributed by atoms with van der Waals surface area (Å²) in [6.45, 7) is 0.199. The molecule has 0 unspecified atom stereocenters. The molecule has 1 fully saturated rings. The van der Waals surface area contributed by atoms with Gasteiger partial charge in [0.05, 0.1) is 10.6 Å². The van der Waals surface area contributed by atoms with Crippen molar-refractivity contribution in [3.05, 3.63) is 28.5 Å². The van der Waals surface area contributed by atoms with Crippen LogP contribution >= 0.6 is 11.3 Å². The lowest BCUT2D eigenvalue weighted by molar-refractivity contribution is -0.115. The van der Waals surface area contributed by atoms with Crippen LogP contribution in [0, 0.1) is 6.92 Å². The molecule has 0 bridgehead atoms. The first-order valence-electron chi connectivity index (χ1n) is 8.51. The van der Waals surface area contributed by atoms with Crippen LogP contribution < -0.4 is 10.6 Å². The monoisotopic (exact) mass is 420 g/mol. The molecule has 0 radical (unpaired) electrons. The van der Waals surface area contributed by atoms with E-state index in [1.54, 1.807) is 6.92 Å². The van der Waals surface area contributed by atoms with Gasteiger partial charge < -0.3 is 10.6 Å². The molecule has 0 atom stereocenters. The van der Waals surface area contributed by atoms with Gasteiger partial charge >= 0.3 is 6.18 Å². The summed E-state index contributed by atoms with van der Waals surface area (Å²) in [4.78, 5) is 20.6. The molecule has 5 nitrogen and oxygen atoms in total. The number of aromatic nitrogens is 2. The van der Waals surface area contributed by atoms with Gasteiger partial charge in [-0.2, -0.15) is 13.2 Å². The van der Waals surface area contributed by atoms with Gasteiger partial charge in [-0.05, 0) is 32.3 Å². The summed E-state index contributed by atoms with van der Waals surface area (Å²) in [6.07, 6.45) is -3.51. The number of carbonyl (C=O) groups is 1. The fourth-order valence-electron chi connectivity index (χ4n) is 2.67. The van der Waals surface area contributed by atoms with E-state index in [9.17, 15) is 26.7 Å². The van der Waals surface area contributed by atoms with Crippen molar-refractivity contribution < 1.29 is 26.7 Å². The number of pyridine rings is 1. The fraction of sp³-hybridized carbons (Fsp3) is 0.471. The van der Waals surface area contributed by atoms with Crippen LogP contribution in [0.1, 0.15) is 46.7 Å². The molecule has 1 amide bonds. The van der Waals surface area contributed by atoms with Crippen molar-refractivity contribution in [3.8, 4) is 10.4 Å². The predicted molar refractivity (Wildman–Crippen MR) is 94.7 cm³/mol. The van der Waals surface area contributed by atoms with E-state index >= 15 is 0 Å². The smallest absolute Gasteiger partial charge is 0.361 e. The minimum absolute atomic E-state index is 0.0465. The third-order valence-electron chi connectivity index (χ3n) is 4.32. The number of alkyl halides is 5. The van der Waals surface area contributed by atoms with Crippen LogP contribution in [0.2, 0.25) is 0 Å². The Balaban J connectivity index is 1.86. The van der Waals surface area contributed by atoms with Gasteiger partial charge in [-0.1, -0.05) is 0 Å². The number of anilines is 1. The quantitative estimate of drug-likeness (QED) is 0.665. The third-order valence-corrected chi connectivity index (χ3v) is 5.51. The van der Waals surface area contributed by atoms with Crippen LogP contribution in [0.3, 0.4) is 0 Å². The van der Waals surface area contributed by atoms with Gasteiger partial charge in [-0.15, -0.1) is 11.3 Å². The summed E-state index contributed by atoms with van der Waals surface area (Å²) in [5.41, 5.74) is -0.0499. The van der Waals surface area contributed by atoms with E-state index in [0.29, 0.717) is 10.6 Å². The van der Waals surface area contributed by atoms with Gasteiger partial charge in [-0.25, -0.2) is 18.7 Å². The minimum atomic E-state index is -4.50. The molecule has 2 aromatic heterocycles. The first-order chi connectivity index (χ1) is 13.1. The standard InChI is InChI=1S/C17H17F5N4OS/c1-8-13(28-16(25-8)15(27)26-9-3-2-4-9)11-6-23-12(5-10(11)14(18)19)24-7-17(20,21)22/h5-6,9,14H,2-4,7H2,1H3,(H,23,24)(H,26,27). The molecule has 0 saturated heterocycles. The van der Waals surface area contributed by atoms with E-state index < -0.39 is 24.7 Å². The van der Waals surface area contributed by atoms with Crippen molar-refractivity contribution >= 4 is 23.1 Å². The Morgan fingerprint density at radius 1 is 1.36 bits per heavy atom. The van der Waals surface area contributed by atoms with Gasteiger partial charge in [-0.3, -0.25) is 4.79 Å². The summed E-state index contributed by atoms with van der Waals surface area (Å²) >= 11 is 0.955. The van der Waals surface area contributed by atoms with Crippen molar-refractivity contribution in [2.75, 3.05) is 11.9 Å². The number of halogens is 5. The Morgan fingerprint density at radius 2 is 2.07 bits per heavy atom. The lowest BCUT2D eigenvalue weighted by atomic mass is 9.93. The van der Waals surface area contributed by atoms with Crippen molar-refractivity contribution in [3.63, 3.8) is 0 Å². The van der Waals surface area contributed by atoms with Gasteiger partial charge in [0.2, 0.25) is 0 Å². The second-order valence-corrected chi connectivity index (χ2v) is 7.46. The highest BCUT2D eigenvalue weighted by Crippen LogP contribution is 2.37. The molecule has 1 aliphatic carbocycles. The molecular weight excluding hydrogens is 403 g/mol. The van der Waals surface area contributed by atoms with Crippen LogP contribution in [0.5, 0.6) is 0 Å². The van der Waals surface area contributed by atoms with E-state index in [0.717, 1.165) is 42.9 Å². The summed E-state index contributed by atoms with van der Waals surface area (Å²) in [5, 5.41) is 4.97. The van der Waals surface area contributed by atoms with E-state index in [4.69, 9.17) is 0 Å². The van der Waals surface area contributed by atoms with Crippen molar-refractivity contribution in [2.24, 2.45) is 0 Å². The Hall–Kier alpha value is -2.30. The lowest BCUT2D eigenvalue weighted by Gasteiger charge is -2.25. The molecule has 11 heteroatoms. The molecule has 2 heterocycles. The van der Waals surface area contributed by atoms with Crippen LogP contribution in [0.15, 0.2) is 12.3 Å². The first-order valence-corrected chi connectivity index (χ1v) is 9.33. The number of hydrogen-bond acceptors (Lipinski definition) is 5. The normalized spacial score (nSPS) is 14.8. The van der Waals surface area contributed by atoms with Gasteiger partial charge in [0.15, 0.2) is 5.01 Å². The maximum Gasteiger partial charge on any atom is 0.405 e. The number of nitrogens with zero attached hydrogens (tertiary/aromatic N) is 2. The van der Waals surface area contributed by atoms with Gasteiger partial charge in [0, 0.05) is 23.4 Å². The second-order valence-electron chi connectivity index (χ2n) is 6.46. The summed E-state index contributed by atoms with van der Waals surface area (Å²) in [6, 6.07) is 0.997. The number of rotatable bonds is 6. The maximum atomic E-state index is 13.5. The molecule has 1 aliphatic rings.